The van der Waals surface area contributed by atoms with Gasteiger partial charge in [-0.15, -0.1) is 0 Å². The molecule has 0 aliphatic rings. The molecule has 3 aromatic rings. The Morgan fingerprint density at radius 1 is 1.05 bits per heavy atom. The fraction of sp³-hybridized carbons (Fsp3) is 0. The molecule has 0 bridgehead atoms. The highest BCUT2D eigenvalue weighted by molar-refractivity contribution is 9.10. The molecule has 5 nitrogen and oxygen atoms in total. The van der Waals surface area contributed by atoms with Gasteiger partial charge in [0.2, 0.25) is 11.8 Å². The van der Waals surface area contributed by atoms with Gasteiger partial charge in [-0.05, 0) is 40.2 Å². The summed E-state index contributed by atoms with van der Waals surface area (Å²) < 4.78 is 11.6. The fourth-order valence-corrected chi connectivity index (χ4v) is 2.14. The Kier molecular flexibility index (Phi) is 3.39. The van der Waals surface area contributed by atoms with E-state index in [0.29, 0.717) is 27.6 Å². The van der Waals surface area contributed by atoms with Crippen molar-refractivity contribution < 1.29 is 9.15 Å². The van der Waals surface area contributed by atoms with Gasteiger partial charge in [0, 0.05) is 0 Å². The highest BCUT2D eigenvalue weighted by atomic mass is 79.9. The maximum atomic E-state index is 5.72. The predicted octanol–water partition coefficient (Wildman–Crippen LogP) is 3.87. The Labute approximate surface area is 123 Å². The molecule has 6 heteroatoms. The highest BCUT2D eigenvalue weighted by Gasteiger charge is 2.16. The van der Waals surface area contributed by atoms with Crippen LogP contribution >= 0.6 is 15.9 Å². The topological polar surface area (TPSA) is 74.2 Å². The minimum Gasteiger partial charge on any atom is -0.463 e. The van der Waals surface area contributed by atoms with Crippen LogP contribution in [0.2, 0.25) is 0 Å². The van der Waals surface area contributed by atoms with Crippen LogP contribution in [0.3, 0.4) is 0 Å². The molecule has 0 unspecified atom stereocenters. The lowest BCUT2D eigenvalue weighted by Crippen LogP contribution is -2.00. The average Bonchev–Trinajstić information content (AvgIpc) is 2.97. The highest BCUT2D eigenvalue weighted by Crippen LogP contribution is 2.35. The number of para-hydroxylation sites is 1. The lowest BCUT2D eigenvalue weighted by atomic mass is 10.3. The summed E-state index contributed by atoms with van der Waals surface area (Å²) in [6.07, 6.45) is 1.57. The third-order valence-corrected chi connectivity index (χ3v) is 3.27. The third kappa shape index (κ3) is 2.50. The van der Waals surface area contributed by atoms with Gasteiger partial charge < -0.3 is 14.9 Å². The van der Waals surface area contributed by atoms with Crippen LogP contribution in [0.15, 0.2) is 57.6 Å². The third-order valence-electron chi connectivity index (χ3n) is 2.55. The molecule has 0 saturated heterocycles. The molecule has 0 fully saturated rings. The van der Waals surface area contributed by atoms with Crippen molar-refractivity contribution in [2.45, 2.75) is 0 Å². The Balaban J connectivity index is 2.04. The molecular weight excluding hydrogens is 322 g/mol. The van der Waals surface area contributed by atoms with Crippen LogP contribution in [0.5, 0.6) is 11.6 Å². The molecule has 100 valence electrons. The van der Waals surface area contributed by atoms with Gasteiger partial charge in [-0.3, -0.25) is 0 Å². The van der Waals surface area contributed by atoms with Gasteiger partial charge in [-0.2, -0.15) is 4.98 Å². The number of aromatic nitrogens is 2. The summed E-state index contributed by atoms with van der Waals surface area (Å²) in [6.45, 7) is 0. The quantitative estimate of drug-likeness (QED) is 0.788. The molecule has 0 spiro atoms. The summed E-state index contributed by atoms with van der Waals surface area (Å²) in [5.41, 5.74) is 6.27. The van der Waals surface area contributed by atoms with Crippen molar-refractivity contribution in [3.63, 3.8) is 0 Å². The van der Waals surface area contributed by atoms with Crippen molar-refractivity contribution >= 4 is 21.9 Å². The SMILES string of the molecule is Nc1nc(Oc2ccccc2)c(Br)c(-c2ccco2)n1. The fourth-order valence-electron chi connectivity index (χ4n) is 1.69. The maximum Gasteiger partial charge on any atom is 0.239 e. The number of nitrogen functional groups attached to an aromatic ring is 1. The summed E-state index contributed by atoms with van der Waals surface area (Å²) in [5.74, 6) is 1.71. The van der Waals surface area contributed by atoms with Crippen molar-refractivity contribution in [3.8, 4) is 23.1 Å². The van der Waals surface area contributed by atoms with Gasteiger partial charge in [-0.1, -0.05) is 18.2 Å². The lowest BCUT2D eigenvalue weighted by molar-refractivity contribution is 0.459. The Morgan fingerprint density at radius 2 is 1.85 bits per heavy atom. The van der Waals surface area contributed by atoms with Crippen LogP contribution in [0.25, 0.3) is 11.5 Å². The first kappa shape index (κ1) is 12.7. The van der Waals surface area contributed by atoms with Gasteiger partial charge in [0.25, 0.3) is 0 Å². The van der Waals surface area contributed by atoms with E-state index in [0.717, 1.165) is 0 Å². The summed E-state index contributed by atoms with van der Waals surface area (Å²) in [7, 11) is 0. The van der Waals surface area contributed by atoms with Crippen LogP contribution in [-0.2, 0) is 0 Å². The zero-order valence-corrected chi connectivity index (χ0v) is 11.9. The smallest absolute Gasteiger partial charge is 0.239 e. The molecule has 2 aromatic heterocycles. The second-order valence-electron chi connectivity index (χ2n) is 3.94. The van der Waals surface area contributed by atoms with Crippen LogP contribution < -0.4 is 10.5 Å². The number of nitrogens with zero attached hydrogens (tertiary/aromatic N) is 2. The summed E-state index contributed by atoms with van der Waals surface area (Å²) in [5, 5.41) is 0. The molecule has 0 atom stereocenters. The van der Waals surface area contributed by atoms with Crippen molar-refractivity contribution in [2.75, 3.05) is 5.73 Å². The monoisotopic (exact) mass is 331 g/mol. The Hall–Kier alpha value is -2.34. The van der Waals surface area contributed by atoms with Crippen molar-refractivity contribution in [1.82, 2.24) is 9.97 Å². The van der Waals surface area contributed by atoms with E-state index >= 15 is 0 Å². The molecule has 2 N–H and O–H groups in total. The number of halogens is 1. The Morgan fingerprint density at radius 3 is 2.55 bits per heavy atom. The molecule has 0 aliphatic carbocycles. The van der Waals surface area contributed by atoms with Crippen LogP contribution in [-0.4, -0.2) is 9.97 Å². The zero-order chi connectivity index (χ0) is 13.9. The minimum absolute atomic E-state index is 0.116. The number of hydrogen-bond donors (Lipinski definition) is 1. The van der Waals surface area contributed by atoms with Gasteiger partial charge in [-0.25, -0.2) is 4.98 Å². The molecule has 1 aromatic carbocycles. The zero-order valence-electron chi connectivity index (χ0n) is 10.3. The average molecular weight is 332 g/mol. The summed E-state index contributed by atoms with van der Waals surface area (Å²) in [6, 6.07) is 12.9. The van der Waals surface area contributed by atoms with Crippen LogP contribution in [0, 0.1) is 0 Å². The van der Waals surface area contributed by atoms with E-state index in [2.05, 4.69) is 25.9 Å². The Bertz CT molecular complexity index is 715. The number of rotatable bonds is 3. The first-order valence-corrected chi connectivity index (χ1v) is 6.63. The first-order valence-electron chi connectivity index (χ1n) is 5.84. The number of benzene rings is 1. The van der Waals surface area contributed by atoms with Gasteiger partial charge in [0.05, 0.1) is 6.26 Å². The van der Waals surface area contributed by atoms with Crippen LogP contribution in [0.1, 0.15) is 0 Å². The van der Waals surface area contributed by atoms with E-state index in [4.69, 9.17) is 14.9 Å². The first-order chi connectivity index (χ1) is 9.74. The number of ether oxygens (including phenoxy) is 1. The van der Waals surface area contributed by atoms with E-state index in [9.17, 15) is 0 Å². The summed E-state index contributed by atoms with van der Waals surface area (Å²) in [4.78, 5) is 8.26. The molecule has 0 aliphatic heterocycles. The van der Waals surface area contributed by atoms with Gasteiger partial charge in [0.1, 0.15) is 15.9 Å². The minimum atomic E-state index is 0.116. The molecule has 2 heterocycles. The summed E-state index contributed by atoms with van der Waals surface area (Å²) >= 11 is 3.43. The lowest BCUT2D eigenvalue weighted by Gasteiger charge is -2.09. The molecule has 0 radical (unpaired) electrons. The maximum absolute atomic E-state index is 5.72. The van der Waals surface area contributed by atoms with E-state index in [1.165, 1.54) is 0 Å². The molecule has 20 heavy (non-hydrogen) atoms. The van der Waals surface area contributed by atoms with E-state index in [-0.39, 0.29) is 5.95 Å². The van der Waals surface area contributed by atoms with Gasteiger partial charge in [0.15, 0.2) is 5.76 Å². The van der Waals surface area contributed by atoms with Crippen molar-refractivity contribution in [1.29, 1.82) is 0 Å². The van der Waals surface area contributed by atoms with Crippen LogP contribution in [0.4, 0.5) is 5.95 Å². The van der Waals surface area contributed by atoms with Crippen molar-refractivity contribution in [2.24, 2.45) is 0 Å². The number of furan rings is 1. The van der Waals surface area contributed by atoms with Gasteiger partial charge >= 0.3 is 0 Å². The second kappa shape index (κ2) is 5.34. The molecular formula is C14H10BrN3O2. The predicted molar refractivity (Wildman–Crippen MR) is 78.4 cm³/mol. The number of anilines is 1. The molecule has 0 amide bonds. The number of hydrogen-bond acceptors (Lipinski definition) is 5. The molecule has 3 rings (SSSR count). The second-order valence-corrected chi connectivity index (χ2v) is 4.73. The normalized spacial score (nSPS) is 10.4. The number of nitrogens with two attached hydrogens (primary N) is 1. The van der Waals surface area contributed by atoms with E-state index < -0.39 is 0 Å². The largest absolute Gasteiger partial charge is 0.463 e. The van der Waals surface area contributed by atoms with E-state index in [1.54, 1.807) is 18.4 Å². The standard InChI is InChI=1S/C14H10BrN3O2/c15-11-12(10-7-4-8-19-10)17-14(16)18-13(11)20-9-5-2-1-3-6-9/h1-8H,(H2,16,17,18). The van der Waals surface area contributed by atoms with Crippen molar-refractivity contribution in [3.05, 3.63) is 53.2 Å². The van der Waals surface area contributed by atoms with E-state index in [1.807, 2.05) is 30.3 Å². The molecule has 0 saturated carbocycles.